The molecule has 13 nitrogen and oxygen atoms in total. The summed E-state index contributed by atoms with van der Waals surface area (Å²) in [5, 5.41) is 50.2. The maximum absolute atomic E-state index is 12.8. The quantitative estimate of drug-likeness (QED) is 0.0147. The van der Waals surface area contributed by atoms with Crippen molar-refractivity contribution in [2.75, 3.05) is 13.2 Å². The molecule has 1 saturated carbocycles. The van der Waals surface area contributed by atoms with E-state index in [1.165, 1.54) is 77.0 Å². The topological polar surface area (TPSA) is 210 Å². The van der Waals surface area contributed by atoms with Gasteiger partial charge in [0.2, 0.25) is 0 Å². The Morgan fingerprint density at radius 2 is 0.873 bits per heavy atom. The normalized spacial score (nSPS) is 22.2. The number of hydrogen-bond acceptors (Lipinski definition) is 12. The van der Waals surface area contributed by atoms with Crippen molar-refractivity contribution in [3.63, 3.8) is 0 Å². The summed E-state index contributed by atoms with van der Waals surface area (Å²) >= 11 is 0. The molecule has 0 aromatic heterocycles. The Balaban J connectivity index is 2.49. The van der Waals surface area contributed by atoms with E-state index >= 15 is 0 Å². The second-order valence-electron chi connectivity index (χ2n) is 16.6. The van der Waals surface area contributed by atoms with E-state index < -0.39 is 75.7 Å². The van der Waals surface area contributed by atoms with E-state index in [0.717, 1.165) is 57.8 Å². The molecule has 63 heavy (non-hydrogen) atoms. The summed E-state index contributed by atoms with van der Waals surface area (Å²) in [7, 11) is -5.14. The fourth-order valence-electron chi connectivity index (χ4n) is 6.92. The largest absolute Gasteiger partial charge is 0.472 e. The molecule has 14 heteroatoms. The summed E-state index contributed by atoms with van der Waals surface area (Å²) < 4.78 is 33.5. The van der Waals surface area contributed by atoms with Crippen molar-refractivity contribution < 1.29 is 63.1 Å². The van der Waals surface area contributed by atoms with Gasteiger partial charge in [0.05, 0.1) is 6.61 Å². The maximum Gasteiger partial charge on any atom is 0.472 e. The fraction of sp³-hybridized carbons (Fsp3) is 0.755. The van der Waals surface area contributed by atoms with Crippen LogP contribution in [0.3, 0.4) is 0 Å². The highest BCUT2D eigenvalue weighted by Crippen LogP contribution is 2.47. The molecule has 0 amide bonds. The first-order chi connectivity index (χ1) is 30.4. The number of phosphoric acid groups is 1. The minimum absolute atomic E-state index is 0.0256. The highest BCUT2D eigenvalue weighted by Gasteiger charge is 2.51. The highest BCUT2D eigenvalue weighted by atomic mass is 31.2. The van der Waals surface area contributed by atoms with E-state index in [-0.39, 0.29) is 12.8 Å². The van der Waals surface area contributed by atoms with Crippen molar-refractivity contribution in [2.45, 2.75) is 224 Å². The molecular weight excluding hydrogens is 827 g/mol. The van der Waals surface area contributed by atoms with Crippen LogP contribution >= 0.6 is 7.82 Å². The monoisotopic (exact) mass is 913 g/mol. The molecule has 6 N–H and O–H groups in total. The predicted molar refractivity (Wildman–Crippen MR) is 249 cm³/mol. The number of phosphoric ester groups is 1. The van der Waals surface area contributed by atoms with Crippen LogP contribution in [0.1, 0.15) is 181 Å². The van der Waals surface area contributed by atoms with Gasteiger partial charge in [0, 0.05) is 12.8 Å². The molecule has 0 spiro atoms. The standard InChI is InChI=1S/C49H85O13P/c1-3-5-7-9-11-13-15-17-19-21-23-25-27-29-31-33-35-37-42(50)59-39-41(40-60-63(57,58)62-49-47(55)45(53)44(52)46(54)48(49)56)61-43(51)38-36-34-32-30-28-26-24-22-20-18-16-14-12-10-8-6-4-2/h11,13,17,19,23-26,30,32,41,44-49,52-56H,3-10,12,14-16,18,20-22,27-29,31,33-40H2,1-2H3,(H,57,58)/b13-11+,19-17+,25-23+,26-24+,32-30+/t41-,44?,45-,46?,47?,48?,49?/m0/s1. The Labute approximate surface area is 379 Å². The molecule has 364 valence electrons. The number of hydrogen-bond donors (Lipinski definition) is 6. The number of allylic oxidation sites excluding steroid dienone is 10. The molecule has 0 saturated heterocycles. The van der Waals surface area contributed by atoms with Gasteiger partial charge in [0.1, 0.15) is 43.2 Å². The first-order valence-electron chi connectivity index (χ1n) is 24.1. The lowest BCUT2D eigenvalue weighted by Crippen LogP contribution is -2.64. The first kappa shape index (κ1) is 58.6. The zero-order valence-electron chi connectivity index (χ0n) is 38.6. The Morgan fingerprint density at radius 1 is 0.492 bits per heavy atom. The number of carbonyl (C=O) groups is 2. The average molecular weight is 913 g/mol. The third kappa shape index (κ3) is 31.2. The highest BCUT2D eigenvalue weighted by molar-refractivity contribution is 7.47. The van der Waals surface area contributed by atoms with Crippen LogP contribution in [0.2, 0.25) is 0 Å². The molecule has 0 heterocycles. The molecule has 0 radical (unpaired) electrons. The van der Waals surface area contributed by atoms with E-state index in [9.17, 15) is 44.6 Å². The molecule has 0 aliphatic heterocycles. The predicted octanol–water partition coefficient (Wildman–Crippen LogP) is 9.73. The lowest BCUT2D eigenvalue weighted by Gasteiger charge is -2.41. The Morgan fingerprint density at radius 3 is 1.38 bits per heavy atom. The minimum atomic E-state index is -5.14. The van der Waals surface area contributed by atoms with Gasteiger partial charge in [-0.2, -0.15) is 0 Å². The Hall–Kier alpha value is -2.45. The fourth-order valence-corrected chi connectivity index (χ4v) is 7.89. The molecule has 1 fully saturated rings. The van der Waals surface area contributed by atoms with Gasteiger partial charge in [-0.05, 0) is 77.0 Å². The number of ether oxygens (including phenoxy) is 2. The van der Waals surface area contributed by atoms with Crippen molar-refractivity contribution in [1.82, 2.24) is 0 Å². The van der Waals surface area contributed by atoms with Crippen LogP contribution in [-0.2, 0) is 32.7 Å². The first-order valence-corrected chi connectivity index (χ1v) is 25.6. The number of carbonyl (C=O) groups excluding carboxylic acids is 2. The SMILES string of the molecule is CCCCC/C=C/C/C=C/C/C=C/CCCCCCC(=O)OC[C@@H](COP(=O)(O)OC1C(O)C(O)C(O)[C@H](O)C1O)OC(=O)CCC/C=C/C/C=C/CCCCCCCCCCC. The lowest BCUT2D eigenvalue weighted by molar-refractivity contribution is -0.220. The second-order valence-corrected chi connectivity index (χ2v) is 18.0. The van der Waals surface area contributed by atoms with Crippen LogP contribution in [0.15, 0.2) is 60.8 Å². The van der Waals surface area contributed by atoms with Gasteiger partial charge in [-0.15, -0.1) is 0 Å². The van der Waals surface area contributed by atoms with Crippen molar-refractivity contribution in [3.05, 3.63) is 60.8 Å². The van der Waals surface area contributed by atoms with Gasteiger partial charge in [0.15, 0.2) is 6.10 Å². The summed E-state index contributed by atoms with van der Waals surface area (Å²) in [6.07, 6.45) is 34.2. The van der Waals surface area contributed by atoms with E-state index in [1.807, 2.05) is 12.2 Å². The lowest BCUT2D eigenvalue weighted by atomic mass is 9.85. The van der Waals surface area contributed by atoms with Crippen LogP contribution < -0.4 is 0 Å². The van der Waals surface area contributed by atoms with Crippen molar-refractivity contribution in [1.29, 1.82) is 0 Å². The summed E-state index contributed by atoms with van der Waals surface area (Å²) in [5.74, 6) is -1.18. The van der Waals surface area contributed by atoms with Crippen LogP contribution in [0, 0.1) is 0 Å². The number of rotatable bonds is 39. The van der Waals surface area contributed by atoms with E-state index in [4.69, 9.17) is 18.5 Å². The Bertz CT molecular complexity index is 1330. The van der Waals surface area contributed by atoms with E-state index in [1.54, 1.807) is 0 Å². The summed E-state index contributed by atoms with van der Waals surface area (Å²) in [5.41, 5.74) is 0. The van der Waals surface area contributed by atoms with Gasteiger partial charge in [0.25, 0.3) is 0 Å². The molecule has 1 rings (SSSR count). The molecule has 1 aliphatic carbocycles. The number of esters is 2. The summed E-state index contributed by atoms with van der Waals surface area (Å²) in [4.78, 5) is 35.7. The third-order valence-electron chi connectivity index (χ3n) is 10.8. The minimum Gasteiger partial charge on any atom is -0.462 e. The van der Waals surface area contributed by atoms with Gasteiger partial charge in [-0.25, -0.2) is 4.57 Å². The van der Waals surface area contributed by atoms with Gasteiger partial charge in [-0.1, -0.05) is 152 Å². The van der Waals surface area contributed by atoms with Crippen LogP contribution in [0.25, 0.3) is 0 Å². The smallest absolute Gasteiger partial charge is 0.462 e. The molecule has 0 bridgehead atoms. The third-order valence-corrected chi connectivity index (χ3v) is 11.8. The molecule has 6 unspecified atom stereocenters. The average Bonchev–Trinajstić information content (AvgIpc) is 3.26. The summed E-state index contributed by atoms with van der Waals surface area (Å²) in [6.45, 7) is 3.22. The van der Waals surface area contributed by atoms with Crippen LogP contribution in [0.4, 0.5) is 0 Å². The van der Waals surface area contributed by atoms with Gasteiger partial charge >= 0.3 is 19.8 Å². The van der Waals surface area contributed by atoms with Crippen molar-refractivity contribution >= 4 is 19.8 Å². The molecule has 1 aliphatic rings. The van der Waals surface area contributed by atoms with E-state index in [2.05, 4.69) is 62.5 Å². The van der Waals surface area contributed by atoms with Crippen LogP contribution in [0.5, 0.6) is 0 Å². The molecular formula is C49H85O13P. The molecule has 0 aromatic rings. The number of unbranched alkanes of at least 4 members (excludes halogenated alkanes) is 17. The molecule has 0 aromatic carbocycles. The van der Waals surface area contributed by atoms with Crippen molar-refractivity contribution in [3.8, 4) is 0 Å². The number of aliphatic hydroxyl groups excluding tert-OH is 5. The maximum atomic E-state index is 12.8. The Kier molecular flexibility index (Phi) is 36.1. The molecule has 8 atom stereocenters. The van der Waals surface area contributed by atoms with Gasteiger partial charge in [-0.3, -0.25) is 18.6 Å². The summed E-state index contributed by atoms with van der Waals surface area (Å²) in [6, 6.07) is 0. The zero-order valence-corrected chi connectivity index (χ0v) is 39.5. The van der Waals surface area contributed by atoms with E-state index in [0.29, 0.717) is 19.3 Å². The van der Waals surface area contributed by atoms with Crippen LogP contribution in [-0.4, -0.2) is 98.3 Å². The number of aliphatic hydroxyl groups is 5. The van der Waals surface area contributed by atoms with Crippen molar-refractivity contribution in [2.24, 2.45) is 0 Å². The zero-order chi connectivity index (χ0) is 46.4. The second kappa shape index (κ2) is 38.8. The van der Waals surface area contributed by atoms with Gasteiger partial charge < -0.3 is 39.9 Å².